The summed E-state index contributed by atoms with van der Waals surface area (Å²) in [5.41, 5.74) is 0.804. The second-order valence-corrected chi connectivity index (χ2v) is 6.43. The van der Waals surface area contributed by atoms with Crippen molar-refractivity contribution in [3.63, 3.8) is 0 Å². The van der Waals surface area contributed by atoms with Gasteiger partial charge in [-0.25, -0.2) is 10.1 Å². The molecule has 3 aromatic heterocycles. The molecule has 22 heavy (non-hydrogen) atoms. The van der Waals surface area contributed by atoms with Crippen LogP contribution in [0.5, 0.6) is 0 Å². The Morgan fingerprint density at radius 2 is 2.27 bits per heavy atom. The zero-order valence-electron chi connectivity index (χ0n) is 11.5. The Labute approximate surface area is 124 Å². The number of nitrogens with one attached hydrogen (secondary N) is 1. The van der Waals surface area contributed by atoms with Gasteiger partial charge in [-0.15, -0.1) is 5.10 Å². The summed E-state index contributed by atoms with van der Waals surface area (Å²) in [7, 11) is -3.50. The Balaban J connectivity index is 2.25. The van der Waals surface area contributed by atoms with Gasteiger partial charge < -0.3 is 18.9 Å². The highest BCUT2D eigenvalue weighted by Gasteiger charge is 2.51. The minimum absolute atomic E-state index is 0.197. The summed E-state index contributed by atoms with van der Waals surface area (Å²) >= 11 is 0. The van der Waals surface area contributed by atoms with Gasteiger partial charge in [0.25, 0.3) is 0 Å². The second-order valence-electron chi connectivity index (χ2n) is 4.62. The van der Waals surface area contributed by atoms with Crippen LogP contribution in [0.4, 0.5) is 0 Å². The molecule has 10 nitrogen and oxygen atoms in total. The SMILES string of the molecule is COC(Cc1nnn[nH]1)(c1cccc2nccn12)P(=O)(O)O. The molecule has 3 aromatic rings. The number of imidazole rings is 1. The van der Waals surface area contributed by atoms with E-state index in [2.05, 4.69) is 25.6 Å². The highest BCUT2D eigenvalue weighted by atomic mass is 31.2. The van der Waals surface area contributed by atoms with Gasteiger partial charge in [-0.3, -0.25) is 4.57 Å². The molecular formula is C11H13N6O4P. The first kappa shape index (κ1) is 14.8. The number of aromatic amines is 1. The molecule has 0 amide bonds. The fourth-order valence-corrected chi connectivity index (χ4v) is 3.46. The number of hydrogen-bond acceptors (Lipinski definition) is 6. The van der Waals surface area contributed by atoms with Gasteiger partial charge in [0.2, 0.25) is 5.34 Å². The molecule has 0 aromatic carbocycles. The van der Waals surface area contributed by atoms with Crippen LogP contribution in [0.2, 0.25) is 0 Å². The Hall–Kier alpha value is -2.13. The van der Waals surface area contributed by atoms with Crippen molar-refractivity contribution in [2.24, 2.45) is 0 Å². The number of nitrogens with zero attached hydrogens (tertiary/aromatic N) is 5. The van der Waals surface area contributed by atoms with Crippen molar-refractivity contribution in [1.29, 1.82) is 0 Å². The summed E-state index contributed by atoms with van der Waals surface area (Å²) < 4.78 is 19.1. The molecule has 0 saturated carbocycles. The van der Waals surface area contributed by atoms with Crippen molar-refractivity contribution in [1.82, 2.24) is 30.0 Å². The van der Waals surface area contributed by atoms with E-state index in [1.165, 1.54) is 13.3 Å². The molecule has 3 rings (SSSR count). The van der Waals surface area contributed by atoms with Gasteiger partial charge in [0, 0.05) is 19.5 Å². The van der Waals surface area contributed by atoms with E-state index in [0.29, 0.717) is 5.65 Å². The number of pyridine rings is 1. The number of fused-ring (bicyclic) bond motifs is 1. The normalized spacial score (nSPS) is 15.0. The molecule has 0 saturated heterocycles. The largest absolute Gasteiger partial charge is 0.363 e. The Morgan fingerprint density at radius 1 is 1.45 bits per heavy atom. The maximum atomic E-state index is 12.2. The topological polar surface area (TPSA) is 139 Å². The molecule has 1 unspecified atom stereocenters. The van der Waals surface area contributed by atoms with Gasteiger partial charge in [-0.2, -0.15) is 0 Å². The number of H-pyrrole nitrogens is 1. The number of aromatic nitrogens is 6. The van der Waals surface area contributed by atoms with Crippen molar-refractivity contribution >= 4 is 13.2 Å². The summed E-state index contributed by atoms with van der Waals surface area (Å²) in [6.07, 6.45) is 2.92. The Kier molecular flexibility index (Phi) is 3.53. The van der Waals surface area contributed by atoms with Gasteiger partial charge >= 0.3 is 7.60 Å². The van der Waals surface area contributed by atoms with Crippen LogP contribution in [0.25, 0.3) is 5.65 Å². The summed E-state index contributed by atoms with van der Waals surface area (Å²) in [6.45, 7) is 0. The van der Waals surface area contributed by atoms with Crippen molar-refractivity contribution in [3.8, 4) is 0 Å². The van der Waals surface area contributed by atoms with Crippen LogP contribution >= 0.6 is 7.60 Å². The van der Waals surface area contributed by atoms with E-state index in [4.69, 9.17) is 4.74 Å². The molecule has 0 aliphatic rings. The zero-order valence-corrected chi connectivity index (χ0v) is 12.4. The molecule has 0 bridgehead atoms. The predicted molar refractivity (Wildman–Crippen MR) is 73.8 cm³/mol. The first-order chi connectivity index (χ1) is 10.5. The fourth-order valence-electron chi connectivity index (χ4n) is 2.39. The number of tetrazole rings is 1. The Morgan fingerprint density at radius 3 is 2.91 bits per heavy atom. The lowest BCUT2D eigenvalue weighted by atomic mass is 10.1. The van der Waals surface area contributed by atoms with E-state index in [0.717, 1.165) is 0 Å². The Bertz CT molecular complexity index is 828. The van der Waals surface area contributed by atoms with Crippen molar-refractivity contribution < 1.29 is 19.1 Å². The number of methoxy groups -OCH3 is 1. The summed E-state index contributed by atoms with van der Waals surface area (Å²) in [6, 6.07) is 4.94. The molecule has 3 heterocycles. The summed E-state index contributed by atoms with van der Waals surface area (Å²) in [5.74, 6) is 0.197. The molecule has 0 radical (unpaired) electrons. The van der Waals surface area contributed by atoms with Crippen molar-refractivity contribution in [2.75, 3.05) is 7.11 Å². The third kappa shape index (κ3) is 2.22. The molecule has 11 heteroatoms. The molecule has 0 aliphatic carbocycles. The second kappa shape index (κ2) is 5.25. The number of ether oxygens (including phenoxy) is 1. The molecule has 116 valence electrons. The maximum absolute atomic E-state index is 12.2. The maximum Gasteiger partial charge on any atom is 0.363 e. The third-order valence-corrected chi connectivity index (χ3v) is 4.94. The zero-order chi connectivity index (χ0) is 15.8. The first-order valence-electron chi connectivity index (χ1n) is 6.24. The smallest absolute Gasteiger partial charge is 0.360 e. The third-order valence-electron chi connectivity index (χ3n) is 3.43. The van der Waals surface area contributed by atoms with Crippen molar-refractivity contribution in [3.05, 3.63) is 42.1 Å². The highest BCUT2D eigenvalue weighted by Crippen LogP contribution is 2.58. The van der Waals surface area contributed by atoms with E-state index in [-0.39, 0.29) is 17.9 Å². The van der Waals surface area contributed by atoms with Crippen molar-refractivity contribution in [2.45, 2.75) is 11.8 Å². The average Bonchev–Trinajstić information content (AvgIpc) is 3.14. The van der Waals surface area contributed by atoms with Crippen LogP contribution in [0.15, 0.2) is 30.6 Å². The average molecular weight is 324 g/mol. The molecule has 0 fully saturated rings. The van der Waals surface area contributed by atoms with E-state index in [1.54, 1.807) is 28.8 Å². The van der Waals surface area contributed by atoms with Gasteiger partial charge in [-0.05, 0) is 22.6 Å². The first-order valence-corrected chi connectivity index (χ1v) is 7.85. The van der Waals surface area contributed by atoms with E-state index in [1.807, 2.05) is 0 Å². The summed E-state index contributed by atoms with van der Waals surface area (Å²) in [5, 5.41) is 11.1. The van der Waals surface area contributed by atoms with E-state index >= 15 is 0 Å². The van der Waals surface area contributed by atoms with Crippen LogP contribution in [-0.4, -0.2) is 46.9 Å². The van der Waals surface area contributed by atoms with Crippen LogP contribution < -0.4 is 0 Å². The number of hydrogen-bond donors (Lipinski definition) is 3. The molecular weight excluding hydrogens is 311 g/mol. The van der Waals surface area contributed by atoms with Crippen LogP contribution in [0, 0.1) is 0 Å². The highest BCUT2D eigenvalue weighted by molar-refractivity contribution is 7.52. The van der Waals surface area contributed by atoms with Crippen LogP contribution in [0.1, 0.15) is 11.5 Å². The summed E-state index contributed by atoms with van der Waals surface area (Å²) in [4.78, 5) is 24.0. The monoisotopic (exact) mass is 324 g/mol. The molecule has 0 aliphatic heterocycles. The van der Waals surface area contributed by atoms with Gasteiger partial charge in [-0.1, -0.05) is 6.07 Å². The fraction of sp³-hybridized carbons (Fsp3) is 0.273. The predicted octanol–water partition coefficient (Wildman–Crippen LogP) is 0.0670. The van der Waals surface area contributed by atoms with Crippen LogP contribution in [-0.2, 0) is 21.1 Å². The minimum atomic E-state index is -4.74. The molecule has 1 atom stereocenters. The minimum Gasteiger partial charge on any atom is -0.360 e. The van der Waals surface area contributed by atoms with E-state index in [9.17, 15) is 14.4 Å². The lowest BCUT2D eigenvalue weighted by Crippen LogP contribution is -2.34. The quantitative estimate of drug-likeness (QED) is 0.560. The van der Waals surface area contributed by atoms with E-state index < -0.39 is 12.9 Å². The van der Waals surface area contributed by atoms with Gasteiger partial charge in [0.15, 0.2) is 5.82 Å². The molecule has 0 spiro atoms. The van der Waals surface area contributed by atoms with Gasteiger partial charge in [0.1, 0.15) is 5.65 Å². The lowest BCUT2D eigenvalue weighted by molar-refractivity contribution is 0.0291. The van der Waals surface area contributed by atoms with Gasteiger partial charge in [0.05, 0.1) is 12.1 Å². The van der Waals surface area contributed by atoms with Crippen LogP contribution in [0.3, 0.4) is 0 Å². The number of rotatable bonds is 5. The molecule has 3 N–H and O–H groups in total. The standard InChI is InChI=1S/C11H13N6O4P/c1-21-11(22(18,19)20,7-9-13-15-16-14-9)8-3-2-4-10-12-5-6-17(8)10/h2-6H,7H2,1H3,(H2,18,19,20)(H,13,14,15,16). The lowest BCUT2D eigenvalue weighted by Gasteiger charge is -2.32.